The summed E-state index contributed by atoms with van der Waals surface area (Å²) in [5.74, 6) is -0.302. The summed E-state index contributed by atoms with van der Waals surface area (Å²) in [6.45, 7) is 1.88. The van der Waals surface area contributed by atoms with Gasteiger partial charge in [-0.2, -0.15) is 11.8 Å². The number of para-hydroxylation sites is 1. The first kappa shape index (κ1) is 15.8. The molecule has 0 aliphatic rings. The monoisotopic (exact) mass is 346 g/mol. The minimum atomic E-state index is -1.09. The van der Waals surface area contributed by atoms with E-state index in [-0.39, 0.29) is 17.3 Å². The fourth-order valence-corrected chi connectivity index (χ4v) is 2.54. The number of rotatable bonds is 5. The van der Waals surface area contributed by atoms with E-state index in [1.54, 1.807) is 23.9 Å². The van der Waals surface area contributed by atoms with E-state index in [9.17, 15) is 9.59 Å². The maximum absolute atomic E-state index is 11.8. The summed E-state index contributed by atoms with van der Waals surface area (Å²) in [5.41, 5.74) is 0.297. The van der Waals surface area contributed by atoms with Crippen LogP contribution in [-0.4, -0.2) is 35.2 Å². The van der Waals surface area contributed by atoms with Gasteiger partial charge in [0.1, 0.15) is 0 Å². The molecule has 1 aromatic rings. The zero-order valence-corrected chi connectivity index (χ0v) is 13.0. The van der Waals surface area contributed by atoms with E-state index in [4.69, 9.17) is 5.11 Å². The largest absolute Gasteiger partial charge is 0.478 e. The fraction of sp³-hybridized carbons (Fsp3) is 0.333. The molecule has 0 heterocycles. The molecule has 1 unspecified atom stereocenters. The van der Waals surface area contributed by atoms with Crippen LogP contribution in [0.2, 0.25) is 0 Å². The number of anilines is 1. The maximum atomic E-state index is 11.8. The van der Waals surface area contributed by atoms with Crippen molar-refractivity contribution >= 4 is 45.4 Å². The second-order valence-electron chi connectivity index (χ2n) is 3.92. The van der Waals surface area contributed by atoms with Crippen LogP contribution >= 0.6 is 27.7 Å². The van der Waals surface area contributed by atoms with E-state index in [1.807, 2.05) is 13.2 Å². The summed E-state index contributed by atoms with van der Waals surface area (Å²) in [4.78, 5) is 22.9. The number of carbonyl (C=O) groups is 2. The lowest BCUT2D eigenvalue weighted by molar-refractivity contribution is 0.0698. The molecule has 104 valence electrons. The van der Waals surface area contributed by atoms with Gasteiger partial charge in [0, 0.05) is 16.3 Å². The van der Waals surface area contributed by atoms with Crippen molar-refractivity contribution in [1.82, 2.24) is 5.32 Å². The Labute approximate surface area is 124 Å². The van der Waals surface area contributed by atoms with Gasteiger partial charge in [0.25, 0.3) is 0 Å². The van der Waals surface area contributed by atoms with Crippen molar-refractivity contribution in [2.45, 2.75) is 13.0 Å². The van der Waals surface area contributed by atoms with E-state index in [2.05, 4.69) is 26.6 Å². The van der Waals surface area contributed by atoms with Crippen LogP contribution in [0.15, 0.2) is 22.7 Å². The standard InChI is InChI=1S/C12H15BrN2O3S/c1-7(6-19-2)14-12(18)15-10-8(11(16)17)4-3-5-9(10)13/h3-5,7H,6H2,1-2H3,(H,16,17)(H2,14,15,18). The molecular formula is C12H15BrN2O3S. The van der Waals surface area contributed by atoms with Crippen LogP contribution < -0.4 is 10.6 Å². The molecule has 3 N–H and O–H groups in total. The molecule has 5 nitrogen and oxygen atoms in total. The molecule has 0 bridgehead atoms. The molecule has 0 fully saturated rings. The Bertz CT molecular complexity index is 482. The third kappa shape index (κ3) is 4.76. The van der Waals surface area contributed by atoms with Gasteiger partial charge in [0.15, 0.2) is 0 Å². The van der Waals surface area contributed by atoms with E-state index in [0.29, 0.717) is 4.47 Å². The smallest absolute Gasteiger partial charge is 0.337 e. The topological polar surface area (TPSA) is 78.4 Å². The third-order valence-corrected chi connectivity index (χ3v) is 3.77. The van der Waals surface area contributed by atoms with Crippen LogP contribution in [-0.2, 0) is 0 Å². The summed E-state index contributed by atoms with van der Waals surface area (Å²) in [7, 11) is 0. The Morgan fingerprint density at radius 2 is 2.16 bits per heavy atom. The first-order valence-corrected chi connectivity index (χ1v) is 7.72. The highest BCUT2D eigenvalue weighted by atomic mass is 79.9. The second-order valence-corrected chi connectivity index (χ2v) is 5.69. The molecule has 1 atom stereocenters. The Balaban J connectivity index is 2.82. The van der Waals surface area contributed by atoms with Gasteiger partial charge in [-0.1, -0.05) is 6.07 Å². The molecular weight excluding hydrogens is 332 g/mol. The van der Waals surface area contributed by atoms with Gasteiger partial charge < -0.3 is 15.7 Å². The number of carbonyl (C=O) groups excluding carboxylic acids is 1. The summed E-state index contributed by atoms with van der Waals surface area (Å²) in [6.07, 6.45) is 1.95. The highest BCUT2D eigenvalue weighted by molar-refractivity contribution is 9.10. The number of hydrogen-bond acceptors (Lipinski definition) is 3. The molecule has 0 saturated heterocycles. The Morgan fingerprint density at radius 3 is 2.74 bits per heavy atom. The molecule has 0 spiro atoms. The van der Waals surface area contributed by atoms with Crippen LogP contribution in [0.3, 0.4) is 0 Å². The first-order valence-electron chi connectivity index (χ1n) is 5.54. The predicted octanol–water partition coefficient (Wildman–Crippen LogP) is 3.02. The molecule has 0 aliphatic heterocycles. The molecule has 1 aromatic carbocycles. The van der Waals surface area contributed by atoms with Crippen molar-refractivity contribution in [3.63, 3.8) is 0 Å². The van der Waals surface area contributed by atoms with Crippen molar-refractivity contribution in [2.24, 2.45) is 0 Å². The van der Waals surface area contributed by atoms with Gasteiger partial charge in [-0.3, -0.25) is 0 Å². The molecule has 0 aromatic heterocycles. The number of amides is 2. The van der Waals surface area contributed by atoms with Gasteiger partial charge in [0.05, 0.1) is 11.3 Å². The third-order valence-electron chi connectivity index (χ3n) is 2.28. The maximum Gasteiger partial charge on any atom is 0.337 e. The average molecular weight is 347 g/mol. The number of thioether (sulfide) groups is 1. The van der Waals surface area contributed by atoms with Crippen molar-refractivity contribution in [3.05, 3.63) is 28.2 Å². The van der Waals surface area contributed by atoms with Gasteiger partial charge in [0.2, 0.25) is 0 Å². The van der Waals surface area contributed by atoms with E-state index in [0.717, 1.165) is 5.75 Å². The predicted molar refractivity (Wildman–Crippen MR) is 81.1 cm³/mol. The number of carboxylic acids is 1. The zero-order chi connectivity index (χ0) is 14.4. The summed E-state index contributed by atoms with van der Waals surface area (Å²) < 4.78 is 0.528. The SMILES string of the molecule is CSCC(C)NC(=O)Nc1c(Br)cccc1C(=O)O. The number of hydrogen-bond donors (Lipinski definition) is 3. The minimum absolute atomic E-state index is 0.00534. The lowest BCUT2D eigenvalue weighted by Gasteiger charge is -2.15. The number of nitrogens with one attached hydrogen (secondary N) is 2. The van der Waals surface area contributed by atoms with E-state index < -0.39 is 12.0 Å². The molecule has 19 heavy (non-hydrogen) atoms. The van der Waals surface area contributed by atoms with Crippen molar-refractivity contribution < 1.29 is 14.7 Å². The molecule has 1 rings (SSSR count). The first-order chi connectivity index (χ1) is 8.95. The lowest BCUT2D eigenvalue weighted by Crippen LogP contribution is -2.37. The fourth-order valence-electron chi connectivity index (χ4n) is 1.49. The van der Waals surface area contributed by atoms with Crippen molar-refractivity contribution in [3.8, 4) is 0 Å². The van der Waals surface area contributed by atoms with Gasteiger partial charge in [-0.15, -0.1) is 0 Å². The lowest BCUT2D eigenvalue weighted by atomic mass is 10.2. The summed E-state index contributed by atoms with van der Waals surface area (Å²) in [6, 6.07) is 4.30. The van der Waals surface area contributed by atoms with E-state index in [1.165, 1.54) is 6.07 Å². The number of benzene rings is 1. The Hall–Kier alpha value is -1.21. The van der Waals surface area contributed by atoms with Crippen LogP contribution in [0.4, 0.5) is 10.5 Å². The molecule has 0 radical (unpaired) electrons. The average Bonchev–Trinajstić information content (AvgIpc) is 2.31. The van der Waals surface area contributed by atoms with Gasteiger partial charge in [-0.25, -0.2) is 9.59 Å². The zero-order valence-electron chi connectivity index (χ0n) is 10.6. The molecule has 0 aliphatic carbocycles. The number of carboxylic acid groups (broad SMARTS) is 1. The second kappa shape index (κ2) is 7.40. The molecule has 2 amide bonds. The van der Waals surface area contributed by atoms with Crippen LogP contribution in [0, 0.1) is 0 Å². The van der Waals surface area contributed by atoms with E-state index >= 15 is 0 Å². The van der Waals surface area contributed by atoms with Crippen LogP contribution in [0.25, 0.3) is 0 Å². The highest BCUT2D eigenvalue weighted by Crippen LogP contribution is 2.26. The van der Waals surface area contributed by atoms with Crippen molar-refractivity contribution in [2.75, 3.05) is 17.3 Å². The Kier molecular flexibility index (Phi) is 6.17. The van der Waals surface area contributed by atoms with Crippen LogP contribution in [0.1, 0.15) is 17.3 Å². The summed E-state index contributed by atoms with van der Waals surface area (Å²) >= 11 is 4.85. The molecule has 7 heteroatoms. The van der Waals surface area contributed by atoms with Crippen molar-refractivity contribution in [1.29, 1.82) is 0 Å². The number of halogens is 1. The van der Waals surface area contributed by atoms with Gasteiger partial charge in [-0.05, 0) is 41.2 Å². The van der Waals surface area contributed by atoms with Crippen LogP contribution in [0.5, 0.6) is 0 Å². The quantitative estimate of drug-likeness (QED) is 0.765. The number of aromatic carboxylic acids is 1. The normalized spacial score (nSPS) is 11.7. The number of urea groups is 1. The molecule has 0 saturated carbocycles. The summed E-state index contributed by atoms with van der Waals surface area (Å²) in [5, 5.41) is 14.4. The Morgan fingerprint density at radius 1 is 1.47 bits per heavy atom. The highest BCUT2D eigenvalue weighted by Gasteiger charge is 2.15. The minimum Gasteiger partial charge on any atom is -0.478 e. The van der Waals surface area contributed by atoms with Gasteiger partial charge >= 0.3 is 12.0 Å².